The minimum absolute atomic E-state index is 0.201. The monoisotopic (exact) mass is 287 g/mol. The van der Waals surface area contributed by atoms with Gasteiger partial charge < -0.3 is 9.84 Å². The number of carboxylic acid groups (broad SMARTS) is 1. The Morgan fingerprint density at radius 3 is 2.75 bits per heavy atom. The summed E-state index contributed by atoms with van der Waals surface area (Å²) < 4.78 is 5.52. The fraction of sp³-hybridized carbons (Fsp3) is 0.0667. The minimum Gasteiger partial charge on any atom is -0.487 e. The van der Waals surface area contributed by atoms with E-state index in [0.717, 1.165) is 5.56 Å². The van der Waals surface area contributed by atoms with Crippen LogP contribution in [-0.4, -0.2) is 11.1 Å². The number of ether oxygens (including phenoxy) is 1. The van der Waals surface area contributed by atoms with Gasteiger partial charge in [-0.3, -0.25) is 0 Å². The number of hydrogen-bond acceptors (Lipinski definition) is 3. The van der Waals surface area contributed by atoms with Gasteiger partial charge >= 0.3 is 5.97 Å². The molecule has 0 aromatic heterocycles. The second kappa shape index (κ2) is 6.09. The molecule has 0 unspecified atom stereocenters. The molecule has 0 heterocycles. The van der Waals surface area contributed by atoms with Gasteiger partial charge in [-0.15, -0.1) is 0 Å². The molecule has 0 fully saturated rings. The molecule has 0 aliphatic rings. The molecule has 0 atom stereocenters. The van der Waals surface area contributed by atoms with Crippen molar-refractivity contribution in [3.05, 3.63) is 64.2 Å². The normalized spacial score (nSPS) is 9.80. The Morgan fingerprint density at radius 2 is 2.10 bits per heavy atom. The number of aromatic carboxylic acids is 1. The summed E-state index contributed by atoms with van der Waals surface area (Å²) in [7, 11) is 0. The van der Waals surface area contributed by atoms with Crippen molar-refractivity contribution >= 4 is 17.6 Å². The fourth-order valence-electron chi connectivity index (χ4n) is 1.64. The summed E-state index contributed by atoms with van der Waals surface area (Å²) in [6.07, 6.45) is 0. The third-order valence-electron chi connectivity index (χ3n) is 2.63. The van der Waals surface area contributed by atoms with Gasteiger partial charge in [0.15, 0.2) is 0 Å². The summed E-state index contributed by atoms with van der Waals surface area (Å²) in [5, 5.41) is 18.0. The maximum atomic E-state index is 10.9. The van der Waals surface area contributed by atoms with Gasteiger partial charge in [0.1, 0.15) is 12.4 Å². The Kier molecular flexibility index (Phi) is 4.24. The van der Waals surface area contributed by atoms with Crippen LogP contribution in [0.2, 0.25) is 5.02 Å². The van der Waals surface area contributed by atoms with Crippen LogP contribution in [0, 0.1) is 11.3 Å². The van der Waals surface area contributed by atoms with Crippen LogP contribution in [0.25, 0.3) is 0 Å². The smallest absolute Gasteiger partial charge is 0.335 e. The average molecular weight is 288 g/mol. The first-order chi connectivity index (χ1) is 9.60. The summed E-state index contributed by atoms with van der Waals surface area (Å²) in [5.41, 5.74) is 1.39. The molecule has 20 heavy (non-hydrogen) atoms. The van der Waals surface area contributed by atoms with E-state index < -0.39 is 5.97 Å². The van der Waals surface area contributed by atoms with E-state index in [2.05, 4.69) is 0 Å². The molecule has 0 saturated carbocycles. The van der Waals surface area contributed by atoms with Gasteiger partial charge in [0.25, 0.3) is 0 Å². The van der Waals surface area contributed by atoms with Crippen molar-refractivity contribution in [3.8, 4) is 11.8 Å². The van der Waals surface area contributed by atoms with Crippen LogP contribution in [0.3, 0.4) is 0 Å². The van der Waals surface area contributed by atoms with E-state index >= 15 is 0 Å². The molecule has 2 rings (SSSR count). The molecule has 0 amide bonds. The van der Waals surface area contributed by atoms with Crippen LogP contribution in [-0.2, 0) is 6.61 Å². The highest BCUT2D eigenvalue weighted by Crippen LogP contribution is 2.26. The highest BCUT2D eigenvalue weighted by Gasteiger charge is 2.06. The number of nitrogens with zero attached hydrogens (tertiary/aromatic N) is 1. The van der Waals surface area contributed by atoms with E-state index in [0.29, 0.717) is 16.3 Å². The summed E-state index contributed by atoms with van der Waals surface area (Å²) in [6.45, 7) is 0.201. The van der Waals surface area contributed by atoms with Gasteiger partial charge in [-0.2, -0.15) is 5.26 Å². The van der Waals surface area contributed by atoms with Crippen molar-refractivity contribution in [2.45, 2.75) is 6.61 Å². The Balaban J connectivity index is 2.11. The largest absolute Gasteiger partial charge is 0.487 e. The van der Waals surface area contributed by atoms with E-state index in [1.807, 2.05) is 6.07 Å². The van der Waals surface area contributed by atoms with Crippen molar-refractivity contribution in [2.24, 2.45) is 0 Å². The molecule has 2 aromatic rings. The lowest BCUT2D eigenvalue weighted by Crippen LogP contribution is -2.00. The van der Waals surface area contributed by atoms with Crippen LogP contribution in [0.5, 0.6) is 5.75 Å². The van der Waals surface area contributed by atoms with Crippen LogP contribution >= 0.6 is 11.6 Å². The Bertz CT molecular complexity index is 692. The molecular weight excluding hydrogens is 278 g/mol. The fourth-order valence-corrected chi connectivity index (χ4v) is 1.88. The van der Waals surface area contributed by atoms with Crippen molar-refractivity contribution in [3.63, 3.8) is 0 Å². The molecular formula is C15H10ClNO3. The molecule has 0 aliphatic heterocycles. The summed E-state index contributed by atoms with van der Waals surface area (Å²) in [6, 6.07) is 13.2. The van der Waals surface area contributed by atoms with Crippen molar-refractivity contribution in [1.82, 2.24) is 0 Å². The zero-order valence-electron chi connectivity index (χ0n) is 10.3. The lowest BCUT2D eigenvalue weighted by atomic mass is 10.1. The first kappa shape index (κ1) is 13.9. The van der Waals surface area contributed by atoms with Crippen molar-refractivity contribution in [2.75, 3.05) is 0 Å². The summed E-state index contributed by atoms with van der Waals surface area (Å²) >= 11 is 5.99. The van der Waals surface area contributed by atoms with E-state index in [4.69, 9.17) is 26.7 Å². The number of hydrogen-bond donors (Lipinski definition) is 1. The number of carbonyl (C=O) groups is 1. The SMILES string of the molecule is N#Cc1ccc(OCc2cccc(C(=O)O)c2)c(Cl)c1. The first-order valence-electron chi connectivity index (χ1n) is 5.75. The second-order valence-corrected chi connectivity index (χ2v) is 4.46. The molecule has 2 aromatic carbocycles. The zero-order valence-corrected chi connectivity index (χ0v) is 11.1. The molecule has 0 saturated heterocycles. The second-order valence-electron chi connectivity index (χ2n) is 4.05. The zero-order chi connectivity index (χ0) is 14.5. The summed E-state index contributed by atoms with van der Waals surface area (Å²) in [5.74, 6) is -0.533. The van der Waals surface area contributed by atoms with Gasteiger partial charge in [0.2, 0.25) is 0 Å². The number of halogens is 1. The first-order valence-corrected chi connectivity index (χ1v) is 6.12. The minimum atomic E-state index is -0.983. The third-order valence-corrected chi connectivity index (χ3v) is 2.92. The molecule has 5 heteroatoms. The van der Waals surface area contributed by atoms with Gasteiger partial charge in [0, 0.05) is 0 Å². The Hall–Kier alpha value is -2.51. The van der Waals surface area contributed by atoms with Crippen LogP contribution < -0.4 is 4.74 Å². The van der Waals surface area contributed by atoms with Gasteiger partial charge in [-0.25, -0.2) is 4.79 Å². The molecule has 1 N–H and O–H groups in total. The predicted octanol–water partition coefficient (Wildman–Crippen LogP) is 3.49. The van der Waals surface area contributed by atoms with Gasteiger partial charge in [0.05, 0.1) is 22.2 Å². The molecule has 100 valence electrons. The van der Waals surface area contributed by atoms with E-state index in [9.17, 15) is 4.79 Å². The molecule has 0 bridgehead atoms. The lowest BCUT2D eigenvalue weighted by molar-refractivity contribution is 0.0696. The van der Waals surface area contributed by atoms with E-state index in [1.54, 1.807) is 30.3 Å². The Labute approximate surface area is 120 Å². The van der Waals surface area contributed by atoms with E-state index in [-0.39, 0.29) is 12.2 Å². The topological polar surface area (TPSA) is 70.3 Å². The maximum Gasteiger partial charge on any atom is 0.335 e. The molecule has 0 spiro atoms. The van der Waals surface area contributed by atoms with E-state index in [1.165, 1.54) is 12.1 Å². The number of nitriles is 1. The van der Waals surface area contributed by atoms with Crippen molar-refractivity contribution < 1.29 is 14.6 Å². The highest BCUT2D eigenvalue weighted by atomic mass is 35.5. The van der Waals surface area contributed by atoms with Crippen LogP contribution in [0.15, 0.2) is 42.5 Å². The van der Waals surface area contributed by atoms with Crippen LogP contribution in [0.4, 0.5) is 0 Å². The number of benzene rings is 2. The average Bonchev–Trinajstić information content (AvgIpc) is 2.46. The van der Waals surface area contributed by atoms with Crippen LogP contribution in [0.1, 0.15) is 21.5 Å². The standard InChI is InChI=1S/C15H10ClNO3/c16-13-7-10(8-17)4-5-14(13)20-9-11-2-1-3-12(6-11)15(18)19/h1-7H,9H2,(H,18,19). The quantitative estimate of drug-likeness (QED) is 0.934. The number of rotatable bonds is 4. The third kappa shape index (κ3) is 3.28. The lowest BCUT2D eigenvalue weighted by Gasteiger charge is -2.08. The highest BCUT2D eigenvalue weighted by molar-refractivity contribution is 6.32. The summed E-state index contributed by atoms with van der Waals surface area (Å²) in [4.78, 5) is 10.9. The van der Waals surface area contributed by atoms with Gasteiger partial charge in [-0.1, -0.05) is 23.7 Å². The van der Waals surface area contributed by atoms with Gasteiger partial charge in [-0.05, 0) is 35.9 Å². The van der Waals surface area contributed by atoms with Crippen molar-refractivity contribution in [1.29, 1.82) is 5.26 Å². The molecule has 4 nitrogen and oxygen atoms in total. The maximum absolute atomic E-state index is 10.9. The molecule has 0 radical (unpaired) electrons. The predicted molar refractivity (Wildman–Crippen MR) is 73.9 cm³/mol. The Morgan fingerprint density at radius 1 is 1.30 bits per heavy atom. The molecule has 0 aliphatic carbocycles. The number of carboxylic acids is 1.